The van der Waals surface area contributed by atoms with Gasteiger partial charge in [-0.2, -0.15) is 0 Å². The van der Waals surface area contributed by atoms with Gasteiger partial charge in [-0.1, -0.05) is 17.7 Å². The van der Waals surface area contributed by atoms with Gasteiger partial charge in [-0.15, -0.1) is 0 Å². The van der Waals surface area contributed by atoms with Crippen LogP contribution in [0.25, 0.3) is 0 Å². The van der Waals surface area contributed by atoms with Crippen LogP contribution in [0.2, 0.25) is 5.15 Å². The number of hydrogen-bond donors (Lipinski definition) is 1. The first-order valence-electron chi connectivity index (χ1n) is 5.17. The summed E-state index contributed by atoms with van der Waals surface area (Å²) in [6.07, 6.45) is 1.36. The summed E-state index contributed by atoms with van der Waals surface area (Å²) in [6.45, 7) is 0. The summed E-state index contributed by atoms with van der Waals surface area (Å²) in [5.41, 5.74) is 0. The molecule has 0 saturated carbocycles. The summed E-state index contributed by atoms with van der Waals surface area (Å²) in [5.74, 6) is 0.352. The van der Waals surface area contributed by atoms with Gasteiger partial charge in [0.05, 0.1) is 12.0 Å². The summed E-state index contributed by atoms with van der Waals surface area (Å²) in [6, 6.07) is 7.51. The number of halogens is 1. The molecule has 2 rings (SSSR count). The molecular weight excluding hydrogens is 290 g/mol. The fraction of sp³-hybridized carbons (Fsp3) is 0.0909. The van der Waals surface area contributed by atoms with Crippen molar-refractivity contribution in [3.8, 4) is 5.75 Å². The van der Waals surface area contributed by atoms with Crippen molar-refractivity contribution < 1.29 is 13.2 Å². The lowest BCUT2D eigenvalue weighted by molar-refractivity contribution is 0.413. The van der Waals surface area contributed by atoms with Crippen molar-refractivity contribution in [3.05, 3.63) is 41.7 Å². The van der Waals surface area contributed by atoms with Crippen LogP contribution in [0.5, 0.6) is 5.75 Å². The van der Waals surface area contributed by atoms with E-state index in [4.69, 9.17) is 16.3 Å². The first-order valence-corrected chi connectivity index (χ1v) is 7.03. The summed E-state index contributed by atoms with van der Waals surface area (Å²) in [5, 5.41) is 0.151. The molecule has 100 valence electrons. The van der Waals surface area contributed by atoms with E-state index in [0.29, 0.717) is 5.75 Å². The monoisotopic (exact) mass is 299 g/mol. The Labute approximate surface area is 115 Å². The zero-order valence-electron chi connectivity index (χ0n) is 9.87. The van der Waals surface area contributed by atoms with Crippen molar-refractivity contribution in [1.82, 2.24) is 9.97 Å². The highest BCUT2D eigenvalue weighted by Gasteiger charge is 2.16. The van der Waals surface area contributed by atoms with Gasteiger partial charge in [0.25, 0.3) is 10.0 Å². The molecule has 8 heteroatoms. The Morgan fingerprint density at radius 3 is 2.79 bits per heavy atom. The Bertz CT molecular complexity index is 691. The van der Waals surface area contributed by atoms with Crippen molar-refractivity contribution in [1.29, 1.82) is 0 Å². The number of nitrogens with zero attached hydrogens (tertiary/aromatic N) is 2. The molecule has 0 fully saturated rings. The Morgan fingerprint density at radius 1 is 1.32 bits per heavy atom. The number of benzene rings is 1. The van der Waals surface area contributed by atoms with E-state index < -0.39 is 10.0 Å². The van der Waals surface area contributed by atoms with Gasteiger partial charge >= 0.3 is 0 Å². The molecule has 0 spiro atoms. The van der Waals surface area contributed by atoms with Crippen molar-refractivity contribution in [3.63, 3.8) is 0 Å². The van der Waals surface area contributed by atoms with E-state index in [-0.39, 0.29) is 16.0 Å². The second kappa shape index (κ2) is 5.41. The average Bonchev–Trinajstić information content (AvgIpc) is 2.38. The Morgan fingerprint density at radius 2 is 2.11 bits per heavy atom. The first-order chi connectivity index (χ1) is 9.01. The minimum Gasteiger partial charge on any atom is -0.497 e. The zero-order chi connectivity index (χ0) is 13.9. The molecule has 0 aliphatic heterocycles. The van der Waals surface area contributed by atoms with Gasteiger partial charge in [0.1, 0.15) is 10.9 Å². The third-order valence-electron chi connectivity index (χ3n) is 2.20. The van der Waals surface area contributed by atoms with Crippen LogP contribution in [0.1, 0.15) is 0 Å². The normalized spacial score (nSPS) is 11.1. The molecule has 0 atom stereocenters. The largest absolute Gasteiger partial charge is 0.497 e. The fourth-order valence-electron chi connectivity index (χ4n) is 1.33. The highest BCUT2D eigenvalue weighted by atomic mass is 35.5. The van der Waals surface area contributed by atoms with E-state index >= 15 is 0 Å². The molecule has 0 radical (unpaired) electrons. The second-order valence-electron chi connectivity index (χ2n) is 3.49. The minimum absolute atomic E-state index is 0.0513. The Kier molecular flexibility index (Phi) is 3.87. The van der Waals surface area contributed by atoms with Gasteiger partial charge in [-0.3, -0.25) is 0 Å². The van der Waals surface area contributed by atoms with Gasteiger partial charge in [0, 0.05) is 12.3 Å². The molecule has 0 aliphatic carbocycles. The SMILES string of the molecule is COc1cccc(S(=O)(=O)Nc2nccc(Cl)n2)c1. The average molecular weight is 300 g/mol. The van der Waals surface area contributed by atoms with E-state index in [9.17, 15) is 8.42 Å². The number of rotatable bonds is 4. The highest BCUT2D eigenvalue weighted by molar-refractivity contribution is 7.92. The summed E-state index contributed by atoms with van der Waals surface area (Å²) >= 11 is 5.66. The lowest BCUT2D eigenvalue weighted by atomic mass is 10.3. The molecular formula is C11H10ClN3O3S. The lowest BCUT2D eigenvalue weighted by Crippen LogP contribution is -2.15. The van der Waals surface area contributed by atoms with Crippen LogP contribution in [0.3, 0.4) is 0 Å². The van der Waals surface area contributed by atoms with Gasteiger partial charge in [0.15, 0.2) is 0 Å². The summed E-state index contributed by atoms with van der Waals surface area (Å²) < 4.78 is 31.4. The van der Waals surface area contributed by atoms with Crippen molar-refractivity contribution in [2.24, 2.45) is 0 Å². The molecule has 0 amide bonds. The summed E-state index contributed by atoms with van der Waals surface area (Å²) in [7, 11) is -2.32. The number of ether oxygens (including phenoxy) is 1. The Hall–Kier alpha value is -1.86. The molecule has 0 unspecified atom stereocenters. The van der Waals surface area contributed by atoms with E-state index in [1.165, 1.54) is 31.5 Å². The van der Waals surface area contributed by atoms with Crippen LogP contribution in [0, 0.1) is 0 Å². The number of hydrogen-bond acceptors (Lipinski definition) is 5. The van der Waals surface area contributed by atoms with E-state index in [1.807, 2.05) is 0 Å². The standard InChI is InChI=1S/C11H10ClN3O3S/c1-18-8-3-2-4-9(7-8)19(16,17)15-11-13-6-5-10(12)14-11/h2-7H,1H3,(H,13,14,15). The van der Waals surface area contributed by atoms with E-state index in [1.54, 1.807) is 12.1 Å². The Balaban J connectivity index is 2.32. The van der Waals surface area contributed by atoms with Gasteiger partial charge in [-0.05, 0) is 18.2 Å². The predicted molar refractivity (Wildman–Crippen MR) is 70.8 cm³/mol. The van der Waals surface area contributed by atoms with Gasteiger partial charge < -0.3 is 4.74 Å². The molecule has 1 aromatic heterocycles. The molecule has 1 aromatic carbocycles. The first kappa shape index (κ1) is 13.6. The molecule has 1 N–H and O–H groups in total. The fourth-order valence-corrected chi connectivity index (χ4v) is 2.46. The highest BCUT2D eigenvalue weighted by Crippen LogP contribution is 2.19. The molecule has 19 heavy (non-hydrogen) atoms. The zero-order valence-corrected chi connectivity index (χ0v) is 11.4. The van der Waals surface area contributed by atoms with E-state index in [2.05, 4.69) is 14.7 Å². The maximum Gasteiger partial charge on any atom is 0.264 e. The molecule has 6 nitrogen and oxygen atoms in total. The molecule has 2 aromatic rings. The number of sulfonamides is 1. The molecule has 0 bridgehead atoms. The van der Waals surface area contributed by atoms with Crippen LogP contribution < -0.4 is 9.46 Å². The lowest BCUT2D eigenvalue weighted by Gasteiger charge is -2.07. The van der Waals surface area contributed by atoms with Crippen LogP contribution >= 0.6 is 11.6 Å². The van der Waals surface area contributed by atoms with Crippen LogP contribution in [0.4, 0.5) is 5.95 Å². The van der Waals surface area contributed by atoms with Crippen molar-refractivity contribution in [2.45, 2.75) is 4.90 Å². The van der Waals surface area contributed by atoms with Crippen LogP contribution in [0.15, 0.2) is 41.4 Å². The van der Waals surface area contributed by atoms with Crippen LogP contribution in [-0.4, -0.2) is 25.5 Å². The maximum atomic E-state index is 12.1. The molecule has 0 saturated heterocycles. The third kappa shape index (κ3) is 3.33. The van der Waals surface area contributed by atoms with Gasteiger partial charge in [-0.25, -0.2) is 23.1 Å². The second-order valence-corrected chi connectivity index (χ2v) is 5.56. The van der Waals surface area contributed by atoms with Crippen molar-refractivity contribution in [2.75, 3.05) is 11.8 Å². The van der Waals surface area contributed by atoms with Crippen LogP contribution in [-0.2, 0) is 10.0 Å². The maximum absolute atomic E-state index is 12.1. The summed E-state index contributed by atoms with van der Waals surface area (Å²) in [4.78, 5) is 7.59. The topological polar surface area (TPSA) is 81.2 Å². The van der Waals surface area contributed by atoms with Gasteiger partial charge in [0.2, 0.25) is 5.95 Å². The minimum atomic E-state index is -3.78. The predicted octanol–water partition coefficient (Wildman–Crippen LogP) is 1.94. The molecule has 0 aliphatic rings. The smallest absolute Gasteiger partial charge is 0.264 e. The number of anilines is 1. The molecule has 1 heterocycles. The number of aromatic nitrogens is 2. The quantitative estimate of drug-likeness (QED) is 0.873. The number of nitrogens with one attached hydrogen (secondary N) is 1. The number of methoxy groups -OCH3 is 1. The third-order valence-corrected chi connectivity index (χ3v) is 3.74. The van der Waals surface area contributed by atoms with E-state index in [0.717, 1.165) is 0 Å². The van der Waals surface area contributed by atoms with Crippen molar-refractivity contribution >= 4 is 27.6 Å².